The van der Waals surface area contributed by atoms with Gasteiger partial charge >= 0.3 is 0 Å². The summed E-state index contributed by atoms with van der Waals surface area (Å²) in [6.07, 6.45) is 0. The molecule has 1 heterocycles. The van der Waals surface area contributed by atoms with Crippen LogP contribution in [0.15, 0.2) is 30.3 Å². The molecule has 23 heavy (non-hydrogen) atoms. The van der Waals surface area contributed by atoms with Crippen molar-refractivity contribution in [2.24, 2.45) is 0 Å². The third-order valence-electron chi connectivity index (χ3n) is 3.74. The van der Waals surface area contributed by atoms with E-state index in [1.54, 1.807) is 13.2 Å². The minimum atomic E-state index is -0.205. The zero-order valence-electron chi connectivity index (χ0n) is 13.4. The first-order chi connectivity index (χ1) is 11.1. The second-order valence-corrected chi connectivity index (χ2v) is 5.47. The van der Waals surface area contributed by atoms with E-state index in [0.717, 1.165) is 11.1 Å². The van der Waals surface area contributed by atoms with Crippen molar-refractivity contribution >= 4 is 11.6 Å². The molecule has 1 aliphatic rings. The Morgan fingerprint density at radius 1 is 1.09 bits per heavy atom. The van der Waals surface area contributed by atoms with Crippen LogP contribution in [-0.4, -0.2) is 26.2 Å². The normalized spacial score (nSPS) is 12.7. The average Bonchev–Trinajstić information content (AvgIpc) is 2.54. The molecule has 1 aliphatic heterocycles. The minimum Gasteiger partial charge on any atom is -0.495 e. The number of hydrogen-bond donors (Lipinski definition) is 1. The summed E-state index contributed by atoms with van der Waals surface area (Å²) in [5.74, 6) is 1.70. The number of nitrogens with one attached hydrogen (secondary N) is 1. The number of ether oxygens (including phenoxy) is 3. The molecule has 1 N–H and O–H groups in total. The lowest BCUT2D eigenvalue weighted by atomic mass is 10.1. The Balaban J connectivity index is 1.91. The highest BCUT2D eigenvalue weighted by molar-refractivity contribution is 6.06. The molecule has 3 rings (SSSR count). The van der Waals surface area contributed by atoms with Crippen LogP contribution in [0.3, 0.4) is 0 Å². The molecule has 0 fully saturated rings. The number of carbonyl (C=O) groups is 1. The first-order valence-electron chi connectivity index (χ1n) is 7.44. The van der Waals surface area contributed by atoms with Gasteiger partial charge in [-0.15, -0.1) is 0 Å². The van der Waals surface area contributed by atoms with Gasteiger partial charge in [-0.2, -0.15) is 0 Å². The van der Waals surface area contributed by atoms with Gasteiger partial charge in [0, 0.05) is 5.56 Å². The standard InChI is InChI=1S/C18H19NO4/c1-11-4-5-15(21-3)14(8-11)19-18(20)13-10-17-16(9-12(13)2)22-6-7-23-17/h4-5,8-10H,6-7H2,1-3H3,(H,19,20). The first kappa shape index (κ1) is 15.2. The van der Waals surface area contributed by atoms with Gasteiger partial charge in [-0.3, -0.25) is 4.79 Å². The summed E-state index contributed by atoms with van der Waals surface area (Å²) in [4.78, 5) is 12.6. The molecule has 5 heteroatoms. The molecule has 2 aromatic rings. The van der Waals surface area contributed by atoms with Crippen LogP contribution >= 0.6 is 0 Å². The molecular weight excluding hydrogens is 294 g/mol. The van der Waals surface area contributed by atoms with Gasteiger partial charge < -0.3 is 19.5 Å². The fourth-order valence-electron chi connectivity index (χ4n) is 2.54. The molecule has 0 aromatic heterocycles. The van der Waals surface area contributed by atoms with Gasteiger partial charge in [0.15, 0.2) is 11.5 Å². The molecular formula is C18H19NO4. The van der Waals surface area contributed by atoms with Crippen LogP contribution in [-0.2, 0) is 0 Å². The Kier molecular flexibility index (Phi) is 4.10. The average molecular weight is 313 g/mol. The largest absolute Gasteiger partial charge is 0.495 e. The van der Waals surface area contributed by atoms with Gasteiger partial charge in [0.2, 0.25) is 0 Å². The summed E-state index contributed by atoms with van der Waals surface area (Å²) in [6.45, 7) is 4.85. The topological polar surface area (TPSA) is 56.8 Å². The van der Waals surface area contributed by atoms with E-state index in [0.29, 0.717) is 41.7 Å². The molecule has 0 spiro atoms. The van der Waals surface area contributed by atoms with E-state index in [9.17, 15) is 4.79 Å². The van der Waals surface area contributed by atoms with Crippen molar-refractivity contribution in [3.05, 3.63) is 47.0 Å². The van der Waals surface area contributed by atoms with E-state index in [1.807, 2.05) is 38.1 Å². The summed E-state index contributed by atoms with van der Waals surface area (Å²) < 4.78 is 16.4. The van der Waals surface area contributed by atoms with Crippen LogP contribution in [0.2, 0.25) is 0 Å². The van der Waals surface area contributed by atoms with Crippen LogP contribution in [0.1, 0.15) is 21.5 Å². The monoisotopic (exact) mass is 313 g/mol. The van der Waals surface area contributed by atoms with E-state index >= 15 is 0 Å². The fourth-order valence-corrected chi connectivity index (χ4v) is 2.54. The number of benzene rings is 2. The van der Waals surface area contributed by atoms with E-state index in [1.165, 1.54) is 0 Å². The van der Waals surface area contributed by atoms with Gasteiger partial charge in [-0.25, -0.2) is 0 Å². The zero-order valence-corrected chi connectivity index (χ0v) is 13.4. The Bertz CT molecular complexity index is 755. The van der Waals surface area contributed by atoms with Crippen molar-refractivity contribution in [1.82, 2.24) is 0 Å². The predicted molar refractivity (Wildman–Crippen MR) is 87.9 cm³/mol. The van der Waals surface area contributed by atoms with E-state index in [4.69, 9.17) is 14.2 Å². The number of rotatable bonds is 3. The second kappa shape index (κ2) is 6.20. The Hall–Kier alpha value is -2.69. The van der Waals surface area contributed by atoms with Crippen molar-refractivity contribution in [1.29, 1.82) is 0 Å². The summed E-state index contributed by atoms with van der Waals surface area (Å²) in [5, 5.41) is 2.91. The minimum absolute atomic E-state index is 0.205. The van der Waals surface area contributed by atoms with Crippen LogP contribution in [0.5, 0.6) is 17.2 Å². The molecule has 0 unspecified atom stereocenters. The van der Waals surface area contributed by atoms with E-state index in [2.05, 4.69) is 5.32 Å². The fraction of sp³-hybridized carbons (Fsp3) is 0.278. The van der Waals surface area contributed by atoms with Crippen molar-refractivity contribution in [3.8, 4) is 17.2 Å². The lowest BCUT2D eigenvalue weighted by molar-refractivity contribution is 0.102. The number of fused-ring (bicyclic) bond motifs is 1. The molecule has 0 atom stereocenters. The van der Waals surface area contributed by atoms with Crippen molar-refractivity contribution in [3.63, 3.8) is 0 Å². The molecule has 0 radical (unpaired) electrons. The van der Waals surface area contributed by atoms with Gasteiger partial charge in [0.1, 0.15) is 19.0 Å². The quantitative estimate of drug-likeness (QED) is 0.944. The molecule has 5 nitrogen and oxygen atoms in total. The summed E-state index contributed by atoms with van der Waals surface area (Å²) >= 11 is 0. The Morgan fingerprint density at radius 2 is 1.78 bits per heavy atom. The van der Waals surface area contributed by atoms with E-state index in [-0.39, 0.29) is 5.91 Å². The molecule has 120 valence electrons. The first-order valence-corrected chi connectivity index (χ1v) is 7.44. The molecule has 2 aromatic carbocycles. The van der Waals surface area contributed by atoms with Gasteiger partial charge in [0.25, 0.3) is 5.91 Å². The third kappa shape index (κ3) is 3.08. The molecule has 0 saturated heterocycles. The van der Waals surface area contributed by atoms with Crippen LogP contribution in [0.25, 0.3) is 0 Å². The van der Waals surface area contributed by atoms with Crippen molar-refractivity contribution in [2.75, 3.05) is 25.6 Å². The van der Waals surface area contributed by atoms with Crippen LogP contribution < -0.4 is 19.5 Å². The number of aryl methyl sites for hydroxylation is 2. The summed E-state index contributed by atoms with van der Waals surface area (Å²) in [6, 6.07) is 9.20. The number of carbonyl (C=O) groups excluding carboxylic acids is 1. The lowest BCUT2D eigenvalue weighted by Gasteiger charge is -2.20. The van der Waals surface area contributed by atoms with Crippen LogP contribution in [0, 0.1) is 13.8 Å². The third-order valence-corrected chi connectivity index (χ3v) is 3.74. The number of methoxy groups -OCH3 is 1. The smallest absolute Gasteiger partial charge is 0.256 e. The highest BCUT2D eigenvalue weighted by Crippen LogP contribution is 2.34. The SMILES string of the molecule is COc1ccc(C)cc1NC(=O)c1cc2c(cc1C)OCCO2. The van der Waals surface area contributed by atoms with E-state index < -0.39 is 0 Å². The molecule has 0 bridgehead atoms. The van der Waals surface area contributed by atoms with Gasteiger partial charge in [0.05, 0.1) is 12.8 Å². The van der Waals surface area contributed by atoms with Crippen molar-refractivity contribution in [2.45, 2.75) is 13.8 Å². The highest BCUT2D eigenvalue weighted by Gasteiger charge is 2.19. The number of anilines is 1. The number of amides is 1. The van der Waals surface area contributed by atoms with Gasteiger partial charge in [-0.05, 0) is 49.2 Å². The lowest BCUT2D eigenvalue weighted by Crippen LogP contribution is -2.18. The Labute approximate surface area is 135 Å². The molecule has 0 saturated carbocycles. The summed E-state index contributed by atoms with van der Waals surface area (Å²) in [5.41, 5.74) is 3.07. The van der Waals surface area contributed by atoms with Gasteiger partial charge in [-0.1, -0.05) is 6.07 Å². The highest BCUT2D eigenvalue weighted by atomic mass is 16.6. The van der Waals surface area contributed by atoms with Crippen molar-refractivity contribution < 1.29 is 19.0 Å². The zero-order chi connectivity index (χ0) is 16.4. The van der Waals surface area contributed by atoms with Crippen LogP contribution in [0.4, 0.5) is 5.69 Å². The second-order valence-electron chi connectivity index (χ2n) is 5.47. The predicted octanol–water partition coefficient (Wildman–Crippen LogP) is 3.34. The molecule has 1 amide bonds. The maximum atomic E-state index is 12.6. The maximum absolute atomic E-state index is 12.6. The Morgan fingerprint density at radius 3 is 2.48 bits per heavy atom. The maximum Gasteiger partial charge on any atom is 0.256 e. The summed E-state index contributed by atoms with van der Waals surface area (Å²) in [7, 11) is 1.58. The molecule has 0 aliphatic carbocycles. The number of hydrogen-bond acceptors (Lipinski definition) is 4.